The summed E-state index contributed by atoms with van der Waals surface area (Å²) in [5.74, 6) is 0. The van der Waals surface area contributed by atoms with Gasteiger partial charge in [-0.2, -0.15) is 0 Å². The summed E-state index contributed by atoms with van der Waals surface area (Å²) in [7, 11) is 1.62. The van der Waals surface area contributed by atoms with E-state index < -0.39 is 0 Å². The molecule has 1 aromatic carbocycles. The number of benzene rings is 1. The molecule has 78 valence electrons. The summed E-state index contributed by atoms with van der Waals surface area (Å²) < 4.78 is 11.6. The molecule has 0 radical (unpaired) electrons. The molecule has 0 N–H and O–H groups in total. The van der Waals surface area contributed by atoms with E-state index in [-0.39, 0.29) is 5.60 Å². The fourth-order valence-electron chi connectivity index (χ4n) is 1.23. The number of hydrogen-bond donors (Lipinski definition) is 0. The van der Waals surface area contributed by atoms with Crippen LogP contribution in [0.2, 0.25) is 0 Å². The van der Waals surface area contributed by atoms with Crippen molar-refractivity contribution < 1.29 is 9.47 Å². The van der Waals surface area contributed by atoms with Crippen molar-refractivity contribution >= 4 is 15.9 Å². The van der Waals surface area contributed by atoms with Crippen LogP contribution in [0.1, 0.15) is 19.4 Å². The summed E-state index contributed by atoms with van der Waals surface area (Å²) in [5.41, 5.74) is 0.785. The molecule has 3 heteroatoms. The first kappa shape index (κ1) is 11.7. The Morgan fingerprint density at radius 2 is 1.93 bits per heavy atom. The Morgan fingerprint density at radius 3 is 2.50 bits per heavy atom. The maximum absolute atomic E-state index is 5.59. The van der Waals surface area contributed by atoms with E-state index >= 15 is 0 Å². The average molecular weight is 259 g/mol. The molecule has 0 unspecified atom stereocenters. The van der Waals surface area contributed by atoms with Crippen molar-refractivity contribution in [2.24, 2.45) is 0 Å². The van der Waals surface area contributed by atoms with Crippen molar-refractivity contribution in [1.82, 2.24) is 0 Å². The molecular weight excluding hydrogens is 244 g/mol. The molecule has 0 aliphatic carbocycles. The van der Waals surface area contributed by atoms with Crippen LogP contribution >= 0.6 is 15.9 Å². The fourth-order valence-corrected chi connectivity index (χ4v) is 2.00. The number of methoxy groups -OCH3 is 1. The SMILES string of the molecule is COCOC(C)(C)c1ccccc1Br. The lowest BCUT2D eigenvalue weighted by molar-refractivity contribution is -0.118. The first-order valence-electron chi connectivity index (χ1n) is 4.46. The molecule has 14 heavy (non-hydrogen) atoms. The van der Waals surface area contributed by atoms with Crippen molar-refractivity contribution in [3.8, 4) is 0 Å². The van der Waals surface area contributed by atoms with Gasteiger partial charge in [-0.05, 0) is 25.5 Å². The van der Waals surface area contributed by atoms with E-state index in [4.69, 9.17) is 9.47 Å². The van der Waals surface area contributed by atoms with Gasteiger partial charge >= 0.3 is 0 Å². The Labute approximate surface area is 93.4 Å². The monoisotopic (exact) mass is 258 g/mol. The molecule has 0 atom stereocenters. The number of halogens is 1. The first-order valence-corrected chi connectivity index (χ1v) is 5.25. The summed E-state index contributed by atoms with van der Waals surface area (Å²) in [6.07, 6.45) is 0. The summed E-state index contributed by atoms with van der Waals surface area (Å²) in [6, 6.07) is 8.03. The molecule has 1 rings (SSSR count). The Morgan fingerprint density at radius 1 is 1.29 bits per heavy atom. The van der Waals surface area contributed by atoms with E-state index in [2.05, 4.69) is 15.9 Å². The van der Waals surface area contributed by atoms with Gasteiger partial charge < -0.3 is 9.47 Å². The van der Waals surface area contributed by atoms with Crippen LogP contribution in [-0.2, 0) is 15.1 Å². The van der Waals surface area contributed by atoms with Crippen LogP contribution < -0.4 is 0 Å². The third-order valence-electron chi connectivity index (χ3n) is 2.06. The molecule has 0 heterocycles. The molecule has 0 saturated heterocycles. The number of rotatable bonds is 4. The molecular formula is C11H15BrO2. The van der Waals surface area contributed by atoms with E-state index in [1.165, 1.54) is 0 Å². The van der Waals surface area contributed by atoms with Crippen molar-refractivity contribution in [1.29, 1.82) is 0 Å². The topological polar surface area (TPSA) is 18.5 Å². The summed E-state index contributed by atoms with van der Waals surface area (Å²) in [4.78, 5) is 0. The predicted octanol–water partition coefficient (Wildman–Crippen LogP) is 3.30. The van der Waals surface area contributed by atoms with Crippen LogP contribution in [0.4, 0.5) is 0 Å². The van der Waals surface area contributed by atoms with E-state index in [0.29, 0.717) is 6.79 Å². The Kier molecular flexibility index (Phi) is 4.11. The zero-order chi connectivity index (χ0) is 10.6. The third-order valence-corrected chi connectivity index (χ3v) is 2.75. The van der Waals surface area contributed by atoms with Crippen LogP contribution in [0.15, 0.2) is 28.7 Å². The second-order valence-electron chi connectivity index (χ2n) is 3.54. The van der Waals surface area contributed by atoms with Gasteiger partial charge in [0.1, 0.15) is 6.79 Å². The molecule has 2 nitrogen and oxygen atoms in total. The quantitative estimate of drug-likeness (QED) is 0.772. The third kappa shape index (κ3) is 2.80. The second kappa shape index (κ2) is 4.91. The van der Waals surface area contributed by atoms with Crippen molar-refractivity contribution in [2.75, 3.05) is 13.9 Å². The molecule has 0 fully saturated rings. The van der Waals surface area contributed by atoms with E-state index in [1.807, 2.05) is 38.1 Å². The zero-order valence-electron chi connectivity index (χ0n) is 8.71. The maximum atomic E-state index is 5.59. The zero-order valence-corrected chi connectivity index (χ0v) is 10.3. The molecule has 0 bridgehead atoms. The summed E-state index contributed by atoms with van der Waals surface area (Å²) in [5, 5.41) is 0. The molecule has 0 spiro atoms. The van der Waals surface area contributed by atoms with Gasteiger partial charge in [-0.15, -0.1) is 0 Å². The smallest absolute Gasteiger partial charge is 0.147 e. The van der Waals surface area contributed by atoms with Gasteiger partial charge in [0.2, 0.25) is 0 Å². The Hall–Kier alpha value is -0.380. The first-order chi connectivity index (χ1) is 6.58. The van der Waals surface area contributed by atoms with Gasteiger partial charge in [-0.25, -0.2) is 0 Å². The minimum Gasteiger partial charge on any atom is -0.359 e. The highest BCUT2D eigenvalue weighted by Crippen LogP contribution is 2.30. The minimum atomic E-state index is -0.337. The lowest BCUT2D eigenvalue weighted by Crippen LogP contribution is -2.23. The highest BCUT2D eigenvalue weighted by Gasteiger charge is 2.23. The minimum absolute atomic E-state index is 0.300. The van der Waals surface area contributed by atoms with Crippen LogP contribution in [0.3, 0.4) is 0 Å². The average Bonchev–Trinajstić information content (AvgIpc) is 2.15. The molecule has 0 amide bonds. The standard InChI is InChI=1S/C11H15BrO2/c1-11(2,14-8-13-3)9-6-4-5-7-10(9)12/h4-7H,8H2,1-3H3. The van der Waals surface area contributed by atoms with Crippen molar-refractivity contribution in [2.45, 2.75) is 19.4 Å². The largest absolute Gasteiger partial charge is 0.359 e. The highest BCUT2D eigenvalue weighted by molar-refractivity contribution is 9.10. The van der Waals surface area contributed by atoms with E-state index in [9.17, 15) is 0 Å². The normalized spacial score (nSPS) is 11.7. The molecule has 1 aromatic rings. The number of ether oxygens (including phenoxy) is 2. The van der Waals surface area contributed by atoms with Gasteiger partial charge in [0, 0.05) is 11.6 Å². The summed E-state index contributed by atoms with van der Waals surface area (Å²) in [6.45, 7) is 4.34. The van der Waals surface area contributed by atoms with Gasteiger partial charge in [0.05, 0.1) is 5.60 Å². The van der Waals surface area contributed by atoms with Gasteiger partial charge in [0.15, 0.2) is 0 Å². The van der Waals surface area contributed by atoms with Crippen molar-refractivity contribution in [3.05, 3.63) is 34.3 Å². The van der Waals surface area contributed by atoms with E-state index in [1.54, 1.807) is 7.11 Å². The molecule has 0 aromatic heterocycles. The Bertz CT molecular complexity index is 297. The summed E-state index contributed by atoms with van der Waals surface area (Å²) >= 11 is 3.50. The highest BCUT2D eigenvalue weighted by atomic mass is 79.9. The molecule has 0 aliphatic heterocycles. The van der Waals surface area contributed by atoms with Crippen LogP contribution in [0.5, 0.6) is 0 Å². The van der Waals surface area contributed by atoms with Crippen LogP contribution in [-0.4, -0.2) is 13.9 Å². The molecule has 0 aliphatic rings. The lowest BCUT2D eigenvalue weighted by Gasteiger charge is -2.26. The van der Waals surface area contributed by atoms with Gasteiger partial charge in [-0.1, -0.05) is 34.1 Å². The molecule has 0 saturated carbocycles. The number of hydrogen-bond acceptors (Lipinski definition) is 2. The Balaban J connectivity index is 2.86. The maximum Gasteiger partial charge on any atom is 0.147 e. The second-order valence-corrected chi connectivity index (χ2v) is 4.40. The van der Waals surface area contributed by atoms with Gasteiger partial charge in [0.25, 0.3) is 0 Å². The van der Waals surface area contributed by atoms with Gasteiger partial charge in [-0.3, -0.25) is 0 Å². The van der Waals surface area contributed by atoms with Crippen LogP contribution in [0.25, 0.3) is 0 Å². The predicted molar refractivity (Wildman–Crippen MR) is 60.1 cm³/mol. The fraction of sp³-hybridized carbons (Fsp3) is 0.455. The van der Waals surface area contributed by atoms with E-state index in [0.717, 1.165) is 10.0 Å². The lowest BCUT2D eigenvalue weighted by atomic mass is 9.98. The van der Waals surface area contributed by atoms with Crippen molar-refractivity contribution in [3.63, 3.8) is 0 Å². The van der Waals surface area contributed by atoms with Crippen LogP contribution in [0, 0.1) is 0 Å².